The fourth-order valence-corrected chi connectivity index (χ4v) is 1.49. The highest BCUT2D eigenvalue weighted by atomic mass is 16.2. The summed E-state index contributed by atoms with van der Waals surface area (Å²) < 4.78 is 0. The first-order valence-electron chi connectivity index (χ1n) is 4.72. The van der Waals surface area contributed by atoms with E-state index in [9.17, 15) is 4.79 Å². The van der Waals surface area contributed by atoms with E-state index in [4.69, 9.17) is 0 Å². The van der Waals surface area contributed by atoms with Gasteiger partial charge >= 0.3 is 0 Å². The molecule has 0 bridgehead atoms. The van der Waals surface area contributed by atoms with Crippen LogP contribution in [0.15, 0.2) is 11.1 Å². The first-order valence-corrected chi connectivity index (χ1v) is 4.72. The first kappa shape index (κ1) is 10.3. The van der Waals surface area contributed by atoms with Crippen molar-refractivity contribution in [1.82, 2.24) is 10.2 Å². The van der Waals surface area contributed by atoms with Crippen molar-refractivity contribution >= 4 is 5.91 Å². The van der Waals surface area contributed by atoms with Crippen molar-refractivity contribution in [3.05, 3.63) is 11.1 Å². The fraction of sp³-hybridized carbons (Fsp3) is 0.700. The summed E-state index contributed by atoms with van der Waals surface area (Å²) in [5.74, 6) is 0.203. The van der Waals surface area contributed by atoms with Crippen LogP contribution < -0.4 is 5.32 Å². The summed E-state index contributed by atoms with van der Waals surface area (Å²) in [6, 6.07) is 0. The number of likely N-dealkylation sites (N-methyl/N-ethyl adjacent to an activating group) is 1. The molecule has 0 radical (unpaired) electrons. The van der Waals surface area contributed by atoms with Crippen molar-refractivity contribution in [2.45, 2.75) is 20.3 Å². The number of carbonyl (C=O) groups excluding carboxylic acids is 1. The number of carbonyl (C=O) groups is 1. The van der Waals surface area contributed by atoms with E-state index in [0.717, 1.165) is 19.5 Å². The van der Waals surface area contributed by atoms with Crippen LogP contribution in [-0.2, 0) is 4.79 Å². The summed E-state index contributed by atoms with van der Waals surface area (Å²) in [6.07, 6.45) is 1.03. The van der Waals surface area contributed by atoms with Gasteiger partial charge in [0.2, 0.25) is 5.91 Å². The monoisotopic (exact) mass is 182 g/mol. The Balaban J connectivity index is 2.53. The second-order valence-electron chi connectivity index (χ2n) is 3.66. The third-order valence-corrected chi connectivity index (χ3v) is 2.59. The topological polar surface area (TPSA) is 32.3 Å². The molecule has 0 saturated heterocycles. The molecule has 13 heavy (non-hydrogen) atoms. The van der Waals surface area contributed by atoms with Crippen molar-refractivity contribution in [1.29, 1.82) is 0 Å². The molecule has 1 amide bonds. The van der Waals surface area contributed by atoms with Gasteiger partial charge in [0.25, 0.3) is 0 Å². The average molecular weight is 182 g/mol. The highest BCUT2D eigenvalue weighted by Crippen LogP contribution is 2.16. The molecular formula is C10H18N2O. The zero-order valence-electron chi connectivity index (χ0n) is 8.68. The summed E-state index contributed by atoms with van der Waals surface area (Å²) in [5.41, 5.74) is 2.78. The molecule has 0 aromatic rings. The second-order valence-corrected chi connectivity index (χ2v) is 3.66. The Hall–Kier alpha value is -0.830. The van der Waals surface area contributed by atoms with E-state index >= 15 is 0 Å². The van der Waals surface area contributed by atoms with Gasteiger partial charge in [-0.05, 0) is 27.3 Å². The van der Waals surface area contributed by atoms with E-state index in [0.29, 0.717) is 6.54 Å². The van der Waals surface area contributed by atoms with Gasteiger partial charge in [-0.15, -0.1) is 0 Å². The minimum absolute atomic E-state index is 0.203. The molecule has 1 rings (SSSR count). The maximum absolute atomic E-state index is 11.5. The highest BCUT2D eigenvalue weighted by molar-refractivity contribution is 5.78. The molecule has 74 valence electrons. The van der Waals surface area contributed by atoms with Crippen molar-refractivity contribution in [2.75, 3.05) is 26.7 Å². The van der Waals surface area contributed by atoms with Crippen LogP contribution in [0.2, 0.25) is 0 Å². The number of nitrogens with zero attached hydrogens (tertiary/aromatic N) is 1. The van der Waals surface area contributed by atoms with Gasteiger partial charge in [-0.1, -0.05) is 11.1 Å². The second kappa shape index (κ2) is 4.42. The summed E-state index contributed by atoms with van der Waals surface area (Å²) in [7, 11) is 1.80. The van der Waals surface area contributed by atoms with Crippen LogP contribution in [0.1, 0.15) is 20.3 Å². The Kier molecular flexibility index (Phi) is 3.48. The zero-order valence-corrected chi connectivity index (χ0v) is 8.68. The van der Waals surface area contributed by atoms with E-state index in [1.54, 1.807) is 7.05 Å². The van der Waals surface area contributed by atoms with E-state index in [1.807, 2.05) is 4.90 Å². The van der Waals surface area contributed by atoms with Crippen molar-refractivity contribution in [3.63, 3.8) is 0 Å². The summed E-state index contributed by atoms with van der Waals surface area (Å²) in [6.45, 7) is 6.39. The third-order valence-electron chi connectivity index (χ3n) is 2.59. The first-order chi connectivity index (χ1) is 6.15. The predicted molar refractivity (Wildman–Crippen MR) is 53.5 cm³/mol. The predicted octanol–water partition coefficient (Wildman–Crippen LogP) is 0.774. The van der Waals surface area contributed by atoms with Crippen LogP contribution in [0.5, 0.6) is 0 Å². The minimum Gasteiger partial charge on any atom is -0.337 e. The van der Waals surface area contributed by atoms with Crippen LogP contribution in [0.4, 0.5) is 0 Å². The molecule has 0 unspecified atom stereocenters. The lowest BCUT2D eigenvalue weighted by Crippen LogP contribution is -2.40. The molecule has 1 heterocycles. The van der Waals surface area contributed by atoms with E-state index < -0.39 is 0 Å². The summed E-state index contributed by atoms with van der Waals surface area (Å²) >= 11 is 0. The van der Waals surface area contributed by atoms with Gasteiger partial charge in [-0.3, -0.25) is 4.79 Å². The molecule has 0 saturated carbocycles. The Bertz CT molecular complexity index is 233. The van der Waals surface area contributed by atoms with Crippen LogP contribution in [0.3, 0.4) is 0 Å². The van der Waals surface area contributed by atoms with Crippen LogP contribution >= 0.6 is 0 Å². The van der Waals surface area contributed by atoms with Gasteiger partial charge < -0.3 is 10.2 Å². The lowest BCUT2D eigenvalue weighted by atomic mass is 10.0. The Morgan fingerprint density at radius 2 is 2.15 bits per heavy atom. The molecule has 1 aliphatic heterocycles. The standard InChI is InChI=1S/C10H18N2O/c1-8-4-5-12(7-9(8)2)10(13)6-11-3/h11H,4-7H2,1-3H3. The van der Waals surface area contributed by atoms with E-state index in [2.05, 4.69) is 19.2 Å². The van der Waals surface area contributed by atoms with Gasteiger partial charge in [0.1, 0.15) is 0 Å². The lowest BCUT2D eigenvalue weighted by Gasteiger charge is -2.28. The molecule has 1 aliphatic rings. The van der Waals surface area contributed by atoms with Crippen molar-refractivity contribution in [2.24, 2.45) is 0 Å². The van der Waals surface area contributed by atoms with Gasteiger partial charge in [-0.2, -0.15) is 0 Å². The van der Waals surface area contributed by atoms with Gasteiger partial charge in [0, 0.05) is 13.1 Å². The number of amides is 1. The number of hydrogen-bond acceptors (Lipinski definition) is 2. The Morgan fingerprint density at radius 3 is 2.69 bits per heavy atom. The molecule has 0 aromatic heterocycles. The van der Waals surface area contributed by atoms with E-state index in [1.165, 1.54) is 11.1 Å². The fourth-order valence-electron chi connectivity index (χ4n) is 1.49. The minimum atomic E-state index is 0.203. The van der Waals surface area contributed by atoms with Crippen LogP contribution in [-0.4, -0.2) is 37.5 Å². The molecule has 3 nitrogen and oxygen atoms in total. The molecule has 3 heteroatoms. The molecular weight excluding hydrogens is 164 g/mol. The number of rotatable bonds is 2. The van der Waals surface area contributed by atoms with Gasteiger partial charge in [0.05, 0.1) is 6.54 Å². The largest absolute Gasteiger partial charge is 0.337 e. The normalized spacial score (nSPS) is 17.9. The summed E-state index contributed by atoms with van der Waals surface area (Å²) in [4.78, 5) is 13.4. The Morgan fingerprint density at radius 1 is 1.46 bits per heavy atom. The van der Waals surface area contributed by atoms with Crippen molar-refractivity contribution in [3.8, 4) is 0 Å². The molecule has 0 fully saturated rings. The zero-order chi connectivity index (χ0) is 9.84. The Labute approximate surface area is 79.8 Å². The SMILES string of the molecule is CNCC(=O)N1CCC(C)=C(C)C1. The molecule has 1 N–H and O–H groups in total. The lowest BCUT2D eigenvalue weighted by molar-refractivity contribution is -0.129. The maximum atomic E-state index is 11.5. The summed E-state index contributed by atoms with van der Waals surface area (Å²) in [5, 5.41) is 2.88. The highest BCUT2D eigenvalue weighted by Gasteiger charge is 2.17. The number of nitrogens with one attached hydrogen (secondary N) is 1. The molecule has 0 aromatic carbocycles. The number of hydrogen-bond donors (Lipinski definition) is 1. The van der Waals surface area contributed by atoms with E-state index in [-0.39, 0.29) is 5.91 Å². The smallest absolute Gasteiger partial charge is 0.236 e. The maximum Gasteiger partial charge on any atom is 0.236 e. The molecule has 0 aliphatic carbocycles. The van der Waals surface area contributed by atoms with Gasteiger partial charge in [0.15, 0.2) is 0 Å². The third kappa shape index (κ3) is 2.56. The molecule has 0 spiro atoms. The van der Waals surface area contributed by atoms with Crippen LogP contribution in [0.25, 0.3) is 0 Å². The van der Waals surface area contributed by atoms with Crippen LogP contribution in [0, 0.1) is 0 Å². The molecule has 0 atom stereocenters. The van der Waals surface area contributed by atoms with Crippen molar-refractivity contribution < 1.29 is 4.79 Å². The average Bonchev–Trinajstić information content (AvgIpc) is 2.10. The van der Waals surface area contributed by atoms with Gasteiger partial charge in [-0.25, -0.2) is 0 Å². The quantitative estimate of drug-likeness (QED) is 0.640.